The zero-order valence-electron chi connectivity index (χ0n) is 11.1. The van der Waals surface area contributed by atoms with Crippen LogP contribution >= 0.6 is 11.3 Å². The predicted molar refractivity (Wildman–Crippen MR) is 72.1 cm³/mol. The third-order valence-electron chi connectivity index (χ3n) is 2.65. The Morgan fingerprint density at radius 2 is 2.33 bits per heavy atom. The number of esters is 1. The fourth-order valence-corrected chi connectivity index (χ4v) is 2.29. The number of thiophene rings is 1. The molecule has 0 amide bonds. The highest BCUT2D eigenvalue weighted by Crippen LogP contribution is 2.26. The van der Waals surface area contributed by atoms with Crippen molar-refractivity contribution < 1.29 is 23.4 Å². The van der Waals surface area contributed by atoms with E-state index < -0.39 is 12.1 Å². The van der Waals surface area contributed by atoms with Gasteiger partial charge in [0.15, 0.2) is 6.10 Å². The van der Waals surface area contributed by atoms with Gasteiger partial charge >= 0.3 is 5.97 Å². The number of rotatable bonds is 4. The molecule has 0 aromatic carbocycles. The number of hydrogen-bond acceptors (Lipinski definition) is 8. The monoisotopic (exact) mass is 308 g/mol. The van der Waals surface area contributed by atoms with E-state index in [1.165, 1.54) is 17.6 Å². The van der Waals surface area contributed by atoms with Crippen LogP contribution in [0.4, 0.5) is 0 Å². The lowest BCUT2D eigenvalue weighted by atomic mass is 10.4. The highest BCUT2D eigenvalue weighted by Gasteiger charge is 2.23. The number of nitrogens with zero attached hydrogens (tertiary/aromatic N) is 2. The number of carbonyl (C=O) groups is 1. The van der Waals surface area contributed by atoms with Gasteiger partial charge in [-0.15, -0.1) is 21.5 Å². The minimum absolute atomic E-state index is 0.0334. The summed E-state index contributed by atoms with van der Waals surface area (Å²) < 4.78 is 20.8. The third-order valence-corrected chi connectivity index (χ3v) is 3.51. The molecular formula is C13H12N2O5S. The fraction of sp³-hybridized carbons (Fsp3) is 0.308. The standard InChI is InChI=1S/C13H12N2O5S/c1-8(19-13(16)9-7-17-4-5-18-9)11-14-15-12(20-11)10-3-2-6-21-10/h2-3,6-8H,4-5H2,1H3. The summed E-state index contributed by atoms with van der Waals surface area (Å²) in [4.78, 5) is 12.7. The summed E-state index contributed by atoms with van der Waals surface area (Å²) in [6.07, 6.45) is 0.564. The molecule has 110 valence electrons. The molecule has 0 aliphatic carbocycles. The molecule has 3 heterocycles. The lowest BCUT2D eigenvalue weighted by Gasteiger charge is -2.15. The van der Waals surface area contributed by atoms with Crippen LogP contribution in [0.25, 0.3) is 10.8 Å². The molecule has 0 saturated carbocycles. The van der Waals surface area contributed by atoms with Gasteiger partial charge in [0.2, 0.25) is 5.76 Å². The second kappa shape index (κ2) is 5.96. The molecule has 0 N–H and O–H groups in total. The molecule has 0 bridgehead atoms. The Bertz CT molecular complexity index is 649. The van der Waals surface area contributed by atoms with Gasteiger partial charge in [0, 0.05) is 0 Å². The summed E-state index contributed by atoms with van der Waals surface area (Å²) in [5, 5.41) is 9.74. The van der Waals surface area contributed by atoms with Crippen LogP contribution in [-0.4, -0.2) is 29.4 Å². The van der Waals surface area contributed by atoms with Crippen LogP contribution in [0.2, 0.25) is 0 Å². The Morgan fingerprint density at radius 1 is 1.43 bits per heavy atom. The summed E-state index contributed by atoms with van der Waals surface area (Å²) in [7, 11) is 0. The molecular weight excluding hydrogens is 296 g/mol. The molecule has 21 heavy (non-hydrogen) atoms. The summed E-state index contributed by atoms with van der Waals surface area (Å²) in [6.45, 7) is 2.38. The Balaban J connectivity index is 1.66. The van der Waals surface area contributed by atoms with Gasteiger partial charge in [0.05, 0.1) is 4.88 Å². The predicted octanol–water partition coefficient (Wildman–Crippen LogP) is 2.29. The summed E-state index contributed by atoms with van der Waals surface area (Å²) in [5.74, 6) is 0.0348. The van der Waals surface area contributed by atoms with Crippen molar-refractivity contribution in [3.8, 4) is 10.8 Å². The lowest BCUT2D eigenvalue weighted by molar-refractivity contribution is -0.150. The molecule has 0 saturated heterocycles. The normalized spacial score (nSPS) is 15.6. The maximum Gasteiger partial charge on any atom is 0.377 e. The minimum atomic E-state index is -0.676. The first-order valence-corrected chi connectivity index (χ1v) is 7.15. The van der Waals surface area contributed by atoms with E-state index in [4.69, 9.17) is 18.6 Å². The number of carbonyl (C=O) groups excluding carboxylic acids is 1. The van der Waals surface area contributed by atoms with Gasteiger partial charge in [0.25, 0.3) is 11.8 Å². The van der Waals surface area contributed by atoms with Gasteiger partial charge in [-0.3, -0.25) is 0 Å². The molecule has 1 aliphatic rings. The SMILES string of the molecule is CC(OC(=O)C1=COCCO1)c1nnc(-c2cccs2)o1. The van der Waals surface area contributed by atoms with Crippen molar-refractivity contribution in [1.82, 2.24) is 10.2 Å². The largest absolute Gasteiger partial charge is 0.493 e. The maximum absolute atomic E-state index is 11.8. The highest BCUT2D eigenvalue weighted by molar-refractivity contribution is 7.13. The first kappa shape index (κ1) is 13.6. The molecule has 2 aromatic rings. The second-order valence-corrected chi connectivity index (χ2v) is 5.12. The molecule has 0 radical (unpaired) electrons. The van der Waals surface area contributed by atoms with Crippen LogP contribution in [0.3, 0.4) is 0 Å². The van der Waals surface area contributed by atoms with Gasteiger partial charge in [-0.05, 0) is 18.4 Å². The number of hydrogen-bond donors (Lipinski definition) is 0. The average molecular weight is 308 g/mol. The van der Waals surface area contributed by atoms with E-state index in [2.05, 4.69) is 10.2 Å². The van der Waals surface area contributed by atoms with Crippen molar-refractivity contribution in [3.63, 3.8) is 0 Å². The van der Waals surface area contributed by atoms with Gasteiger partial charge in [-0.2, -0.15) is 0 Å². The molecule has 0 spiro atoms. The third kappa shape index (κ3) is 3.05. The van der Waals surface area contributed by atoms with Gasteiger partial charge in [-0.25, -0.2) is 4.79 Å². The lowest BCUT2D eigenvalue weighted by Crippen LogP contribution is -2.18. The maximum atomic E-state index is 11.8. The van der Waals surface area contributed by atoms with Crippen molar-refractivity contribution in [1.29, 1.82) is 0 Å². The van der Waals surface area contributed by atoms with Crippen molar-refractivity contribution in [2.75, 3.05) is 13.2 Å². The number of ether oxygens (including phenoxy) is 3. The number of aromatic nitrogens is 2. The molecule has 1 aliphatic heterocycles. The van der Waals surface area contributed by atoms with Gasteiger partial charge in [0.1, 0.15) is 19.5 Å². The first-order valence-electron chi connectivity index (χ1n) is 6.27. The van der Waals surface area contributed by atoms with E-state index in [-0.39, 0.29) is 11.6 Å². The van der Waals surface area contributed by atoms with E-state index in [0.29, 0.717) is 19.1 Å². The average Bonchev–Trinajstić information content (AvgIpc) is 3.19. The molecule has 2 aromatic heterocycles. The molecule has 8 heteroatoms. The fourth-order valence-electron chi connectivity index (χ4n) is 1.64. The smallest absolute Gasteiger partial charge is 0.377 e. The summed E-state index contributed by atoms with van der Waals surface area (Å²) >= 11 is 1.49. The van der Waals surface area contributed by atoms with Crippen LogP contribution in [0.5, 0.6) is 0 Å². The molecule has 0 fully saturated rings. The van der Waals surface area contributed by atoms with Crippen molar-refractivity contribution in [2.45, 2.75) is 13.0 Å². The van der Waals surface area contributed by atoms with E-state index in [1.54, 1.807) is 6.92 Å². The zero-order valence-corrected chi connectivity index (χ0v) is 12.0. The van der Waals surface area contributed by atoms with Crippen LogP contribution in [-0.2, 0) is 19.0 Å². The van der Waals surface area contributed by atoms with Gasteiger partial charge in [-0.1, -0.05) is 6.07 Å². The van der Waals surface area contributed by atoms with Crippen molar-refractivity contribution in [2.24, 2.45) is 0 Å². The van der Waals surface area contributed by atoms with Crippen LogP contribution in [0, 0.1) is 0 Å². The molecule has 7 nitrogen and oxygen atoms in total. The highest BCUT2D eigenvalue weighted by atomic mass is 32.1. The van der Waals surface area contributed by atoms with Crippen molar-refractivity contribution in [3.05, 3.63) is 35.4 Å². The molecule has 1 atom stereocenters. The van der Waals surface area contributed by atoms with Crippen LogP contribution in [0.1, 0.15) is 18.9 Å². The second-order valence-electron chi connectivity index (χ2n) is 4.17. The van der Waals surface area contributed by atoms with E-state index in [1.807, 2.05) is 17.5 Å². The Kier molecular flexibility index (Phi) is 3.87. The Labute approximate surface area is 124 Å². The summed E-state index contributed by atoms with van der Waals surface area (Å²) in [5.41, 5.74) is 0. The summed E-state index contributed by atoms with van der Waals surface area (Å²) in [6, 6.07) is 3.76. The Hall–Kier alpha value is -2.35. The van der Waals surface area contributed by atoms with E-state index in [9.17, 15) is 4.79 Å². The van der Waals surface area contributed by atoms with E-state index >= 15 is 0 Å². The Morgan fingerprint density at radius 3 is 3.05 bits per heavy atom. The molecule has 1 unspecified atom stereocenters. The first-order chi connectivity index (χ1) is 10.2. The minimum Gasteiger partial charge on any atom is -0.493 e. The topological polar surface area (TPSA) is 83.7 Å². The quantitative estimate of drug-likeness (QED) is 0.801. The molecule has 3 rings (SSSR count). The van der Waals surface area contributed by atoms with E-state index in [0.717, 1.165) is 4.88 Å². The van der Waals surface area contributed by atoms with Crippen molar-refractivity contribution >= 4 is 17.3 Å². The van der Waals surface area contributed by atoms with Crippen LogP contribution < -0.4 is 0 Å². The zero-order chi connectivity index (χ0) is 14.7. The van der Waals surface area contributed by atoms with Gasteiger partial charge < -0.3 is 18.6 Å². The van der Waals surface area contributed by atoms with Crippen LogP contribution in [0.15, 0.2) is 34.0 Å².